The van der Waals surface area contributed by atoms with Gasteiger partial charge in [-0.1, -0.05) is 46.9 Å². The molecule has 120 valence electrons. The summed E-state index contributed by atoms with van der Waals surface area (Å²) in [5, 5.41) is 12.2. The van der Waals surface area contributed by atoms with Crippen molar-refractivity contribution in [3.8, 4) is 0 Å². The maximum absolute atomic E-state index is 12.1. The van der Waals surface area contributed by atoms with Gasteiger partial charge in [-0.2, -0.15) is 0 Å². The first-order chi connectivity index (χ1) is 10.8. The Morgan fingerprint density at radius 2 is 1.78 bits per heavy atom. The third-order valence-electron chi connectivity index (χ3n) is 3.18. The lowest BCUT2D eigenvalue weighted by Gasteiger charge is -2.11. The van der Waals surface area contributed by atoms with Crippen molar-refractivity contribution in [2.75, 3.05) is 5.32 Å². The van der Waals surface area contributed by atoms with Gasteiger partial charge in [0, 0.05) is 5.02 Å². The predicted octanol–water partition coefficient (Wildman–Crippen LogP) is 4.83. The molecule has 0 radical (unpaired) electrons. The zero-order valence-corrected chi connectivity index (χ0v) is 14.3. The lowest BCUT2D eigenvalue weighted by Crippen LogP contribution is -2.15. The lowest BCUT2D eigenvalue weighted by atomic mass is 10.1. The van der Waals surface area contributed by atoms with E-state index in [-0.39, 0.29) is 33.6 Å². The molecule has 1 amide bonds. The van der Waals surface area contributed by atoms with E-state index < -0.39 is 5.97 Å². The summed E-state index contributed by atoms with van der Waals surface area (Å²) in [6.07, 6.45) is 0.0847. The molecule has 2 N–H and O–H groups in total. The third-order valence-corrected chi connectivity index (χ3v) is 4.29. The number of halogens is 3. The minimum absolute atomic E-state index is 0.00538. The van der Waals surface area contributed by atoms with Crippen LogP contribution in [0.1, 0.15) is 21.5 Å². The summed E-state index contributed by atoms with van der Waals surface area (Å²) in [4.78, 5) is 23.2. The van der Waals surface area contributed by atoms with E-state index in [2.05, 4.69) is 5.32 Å². The van der Waals surface area contributed by atoms with Gasteiger partial charge < -0.3 is 10.4 Å². The molecule has 0 aromatic heterocycles. The normalized spacial score (nSPS) is 10.4. The Morgan fingerprint density at radius 3 is 2.39 bits per heavy atom. The van der Waals surface area contributed by atoms with Crippen LogP contribution in [-0.2, 0) is 11.2 Å². The van der Waals surface area contributed by atoms with Gasteiger partial charge in [0.15, 0.2) is 0 Å². The van der Waals surface area contributed by atoms with Gasteiger partial charge in [-0.05, 0) is 36.2 Å². The zero-order chi connectivity index (χ0) is 17.1. The van der Waals surface area contributed by atoms with Crippen LogP contribution in [0, 0.1) is 6.92 Å². The van der Waals surface area contributed by atoms with Crippen LogP contribution in [0.4, 0.5) is 5.69 Å². The fourth-order valence-corrected chi connectivity index (χ4v) is 2.75. The van der Waals surface area contributed by atoms with Gasteiger partial charge in [0.1, 0.15) is 0 Å². The highest BCUT2D eigenvalue weighted by atomic mass is 35.5. The summed E-state index contributed by atoms with van der Waals surface area (Å²) in [7, 11) is 0. The van der Waals surface area contributed by atoms with Crippen molar-refractivity contribution in [1.29, 1.82) is 0 Å². The molecular formula is C16H12Cl3NO3. The fourth-order valence-electron chi connectivity index (χ4n) is 1.97. The Morgan fingerprint density at radius 1 is 1.09 bits per heavy atom. The number of rotatable bonds is 4. The molecule has 2 rings (SSSR count). The van der Waals surface area contributed by atoms with Crippen molar-refractivity contribution < 1.29 is 14.7 Å². The summed E-state index contributed by atoms with van der Waals surface area (Å²) in [5.74, 6) is -1.60. The summed E-state index contributed by atoms with van der Waals surface area (Å²) in [6, 6.07) is 8.16. The summed E-state index contributed by atoms with van der Waals surface area (Å²) in [6.45, 7) is 1.87. The van der Waals surface area contributed by atoms with E-state index in [4.69, 9.17) is 39.9 Å². The quantitative estimate of drug-likeness (QED) is 0.807. The lowest BCUT2D eigenvalue weighted by molar-refractivity contribution is -0.115. The highest BCUT2D eigenvalue weighted by Gasteiger charge is 2.18. The molecule has 0 aliphatic carbocycles. The average Bonchev–Trinajstić information content (AvgIpc) is 2.46. The van der Waals surface area contributed by atoms with Gasteiger partial charge in [0.2, 0.25) is 5.91 Å². The molecule has 0 saturated carbocycles. The van der Waals surface area contributed by atoms with Gasteiger partial charge in [0.25, 0.3) is 0 Å². The van der Waals surface area contributed by atoms with Gasteiger partial charge in [-0.25, -0.2) is 4.79 Å². The molecule has 23 heavy (non-hydrogen) atoms. The third kappa shape index (κ3) is 4.16. The van der Waals surface area contributed by atoms with E-state index in [1.54, 1.807) is 12.1 Å². The van der Waals surface area contributed by atoms with Crippen molar-refractivity contribution in [1.82, 2.24) is 0 Å². The number of carbonyl (C=O) groups is 2. The Bertz CT molecular complexity index is 790. The van der Waals surface area contributed by atoms with E-state index in [1.807, 2.05) is 13.0 Å². The summed E-state index contributed by atoms with van der Waals surface area (Å²) in [5.41, 5.74) is 1.60. The molecule has 4 nitrogen and oxygen atoms in total. The Kier molecular flexibility index (Phi) is 5.52. The van der Waals surface area contributed by atoms with E-state index >= 15 is 0 Å². The average molecular weight is 373 g/mol. The molecule has 0 fully saturated rings. The number of aromatic carboxylic acids is 1. The van der Waals surface area contributed by atoms with Crippen molar-refractivity contribution in [2.45, 2.75) is 13.3 Å². The number of aryl methyl sites for hydroxylation is 1. The summed E-state index contributed by atoms with van der Waals surface area (Å²) >= 11 is 17.8. The minimum atomic E-state index is -1.26. The number of hydrogen-bond acceptors (Lipinski definition) is 2. The molecule has 0 spiro atoms. The van der Waals surface area contributed by atoms with Crippen LogP contribution in [0.3, 0.4) is 0 Å². The standard InChI is InChI=1S/C16H12Cl3NO3/c1-8-2-3-9(6-11(8)18)7-13(21)20-12-5-4-10(17)14(15(12)19)16(22)23/h2-6H,7H2,1H3,(H,20,21)(H,22,23). The van der Waals surface area contributed by atoms with Gasteiger partial charge in [0.05, 0.1) is 27.7 Å². The topological polar surface area (TPSA) is 66.4 Å². The minimum Gasteiger partial charge on any atom is -0.478 e. The molecule has 2 aromatic carbocycles. The molecule has 0 heterocycles. The molecule has 0 saturated heterocycles. The SMILES string of the molecule is Cc1ccc(CC(=O)Nc2ccc(Cl)c(C(=O)O)c2Cl)cc1Cl. The number of nitrogens with one attached hydrogen (secondary N) is 1. The number of anilines is 1. The first kappa shape index (κ1) is 17.6. The second-order valence-corrected chi connectivity index (χ2v) is 6.09. The first-order valence-corrected chi connectivity index (χ1v) is 7.69. The largest absolute Gasteiger partial charge is 0.478 e. The smallest absolute Gasteiger partial charge is 0.338 e. The Labute approximate surface area is 148 Å². The number of hydrogen-bond donors (Lipinski definition) is 2. The molecule has 0 bridgehead atoms. The summed E-state index contributed by atoms with van der Waals surface area (Å²) < 4.78 is 0. The van der Waals surface area contributed by atoms with E-state index in [0.717, 1.165) is 11.1 Å². The van der Waals surface area contributed by atoms with Crippen LogP contribution in [0.15, 0.2) is 30.3 Å². The number of carboxylic acids is 1. The number of amides is 1. The zero-order valence-electron chi connectivity index (χ0n) is 12.0. The monoisotopic (exact) mass is 371 g/mol. The molecule has 0 aliphatic heterocycles. The van der Waals surface area contributed by atoms with Crippen LogP contribution in [0.25, 0.3) is 0 Å². The second kappa shape index (κ2) is 7.21. The van der Waals surface area contributed by atoms with Gasteiger partial charge in [-0.15, -0.1) is 0 Å². The van der Waals surface area contributed by atoms with Crippen LogP contribution in [-0.4, -0.2) is 17.0 Å². The molecule has 7 heteroatoms. The fraction of sp³-hybridized carbons (Fsp3) is 0.125. The second-order valence-electron chi connectivity index (χ2n) is 4.90. The number of carbonyl (C=O) groups excluding carboxylic acids is 1. The van der Waals surface area contributed by atoms with Gasteiger partial charge >= 0.3 is 5.97 Å². The van der Waals surface area contributed by atoms with Crippen molar-refractivity contribution in [2.24, 2.45) is 0 Å². The maximum atomic E-state index is 12.1. The Balaban J connectivity index is 2.19. The number of benzene rings is 2. The molecule has 0 unspecified atom stereocenters. The first-order valence-electron chi connectivity index (χ1n) is 6.55. The van der Waals surface area contributed by atoms with E-state index in [1.165, 1.54) is 12.1 Å². The highest BCUT2D eigenvalue weighted by Crippen LogP contribution is 2.31. The van der Waals surface area contributed by atoms with Gasteiger partial charge in [-0.3, -0.25) is 4.79 Å². The number of carboxylic acid groups (broad SMARTS) is 1. The van der Waals surface area contributed by atoms with Crippen molar-refractivity contribution in [3.05, 3.63) is 62.1 Å². The molecular weight excluding hydrogens is 361 g/mol. The van der Waals surface area contributed by atoms with Crippen LogP contribution >= 0.6 is 34.8 Å². The van der Waals surface area contributed by atoms with E-state index in [9.17, 15) is 9.59 Å². The molecule has 0 atom stereocenters. The molecule has 2 aromatic rings. The van der Waals surface area contributed by atoms with Crippen molar-refractivity contribution in [3.63, 3.8) is 0 Å². The molecule has 0 aliphatic rings. The highest BCUT2D eigenvalue weighted by molar-refractivity contribution is 6.41. The van der Waals surface area contributed by atoms with Crippen LogP contribution in [0.2, 0.25) is 15.1 Å². The maximum Gasteiger partial charge on any atom is 0.338 e. The van der Waals surface area contributed by atoms with Crippen molar-refractivity contribution >= 4 is 52.4 Å². The van der Waals surface area contributed by atoms with Crippen LogP contribution in [0.5, 0.6) is 0 Å². The predicted molar refractivity (Wildman–Crippen MR) is 91.9 cm³/mol. The van der Waals surface area contributed by atoms with Crippen LogP contribution < -0.4 is 5.32 Å². The van der Waals surface area contributed by atoms with E-state index in [0.29, 0.717) is 5.02 Å². The Hall–Kier alpha value is -1.75.